The summed E-state index contributed by atoms with van der Waals surface area (Å²) in [4.78, 5) is 16.9. The van der Waals surface area contributed by atoms with Gasteiger partial charge in [-0.05, 0) is 49.9 Å². The SMILES string of the molecule is COc1ccc([C@H](Cc2c(Cl)c[nH+]cc2Cl)OC(=O)[C@@H]2CCCN2S(=O)(=O)c2ccccc2)c2c1OC1(CCCC1)O2. The highest BCUT2D eigenvalue weighted by molar-refractivity contribution is 7.89. The maximum absolute atomic E-state index is 13.9. The maximum Gasteiger partial charge on any atom is 0.325 e. The number of pyridine rings is 1. The normalized spacial score (nSPS) is 20.1. The van der Waals surface area contributed by atoms with Crippen molar-refractivity contribution in [3.63, 3.8) is 0 Å². The van der Waals surface area contributed by atoms with Crippen molar-refractivity contribution in [1.82, 2.24) is 4.31 Å². The second-order valence-electron chi connectivity index (χ2n) is 10.7. The number of ether oxygens (including phenoxy) is 4. The number of nitrogens with one attached hydrogen (secondary N) is 1. The second-order valence-corrected chi connectivity index (χ2v) is 13.4. The quantitative estimate of drug-likeness (QED) is 0.300. The van der Waals surface area contributed by atoms with Gasteiger partial charge in [-0.2, -0.15) is 4.31 Å². The summed E-state index contributed by atoms with van der Waals surface area (Å²) >= 11 is 13.0. The summed E-state index contributed by atoms with van der Waals surface area (Å²) in [6, 6.07) is 10.6. The molecule has 0 amide bonds. The van der Waals surface area contributed by atoms with E-state index in [4.69, 9.17) is 42.1 Å². The summed E-state index contributed by atoms with van der Waals surface area (Å²) in [5.41, 5.74) is 1.12. The number of H-pyrrole nitrogens is 1. The van der Waals surface area contributed by atoms with Gasteiger partial charge >= 0.3 is 5.97 Å². The molecule has 1 saturated heterocycles. The lowest BCUT2D eigenvalue weighted by Crippen LogP contribution is -2.41. The highest BCUT2D eigenvalue weighted by Gasteiger charge is 2.48. The third-order valence-corrected chi connectivity index (χ3v) is 10.7. The number of nitrogens with zero attached hydrogens (tertiary/aromatic N) is 1. The molecule has 6 rings (SSSR count). The van der Waals surface area contributed by atoms with Crippen LogP contribution in [-0.4, -0.2) is 44.2 Å². The standard InChI is InChI=1S/C30H30Cl2N2O7S/c1-38-25-12-11-20(27-28(25)41-30(40-27)13-5-6-14-30)26(16-21-22(31)17-33-18-23(21)32)39-29(35)24-10-7-15-34(24)42(36,37)19-8-3-2-4-9-19/h2-4,8-9,11-12,17-18,24,26H,5-7,10,13-16H2,1H3/p+1/t24-,26-/m0/s1. The number of benzene rings is 2. The van der Waals surface area contributed by atoms with Gasteiger partial charge in [-0.15, -0.1) is 0 Å². The molecular formula is C30H31Cl2N2O7S+. The fraction of sp³-hybridized carbons (Fsp3) is 0.400. The van der Waals surface area contributed by atoms with Crippen LogP contribution in [-0.2, 0) is 26.0 Å². The molecule has 42 heavy (non-hydrogen) atoms. The lowest BCUT2D eigenvalue weighted by atomic mass is 10.00. The number of aromatic nitrogens is 1. The van der Waals surface area contributed by atoms with Crippen molar-refractivity contribution in [3.8, 4) is 17.2 Å². The van der Waals surface area contributed by atoms with Crippen molar-refractivity contribution in [2.45, 2.75) is 67.8 Å². The first-order valence-corrected chi connectivity index (χ1v) is 16.1. The molecule has 2 atom stereocenters. The van der Waals surface area contributed by atoms with Gasteiger partial charge in [-0.3, -0.25) is 4.79 Å². The van der Waals surface area contributed by atoms with Gasteiger partial charge in [0.2, 0.25) is 15.8 Å². The summed E-state index contributed by atoms with van der Waals surface area (Å²) in [5, 5.41) is 0.736. The fourth-order valence-corrected chi connectivity index (χ4v) is 8.17. The molecule has 0 radical (unpaired) electrons. The van der Waals surface area contributed by atoms with Crippen LogP contribution in [0.1, 0.15) is 55.8 Å². The molecule has 1 aliphatic carbocycles. The Hall–Kier alpha value is -3.05. The van der Waals surface area contributed by atoms with Crippen LogP contribution in [0.3, 0.4) is 0 Å². The number of fused-ring (bicyclic) bond motifs is 1. The minimum Gasteiger partial charge on any atom is -0.493 e. The third-order valence-electron chi connectivity index (χ3n) is 8.08. The van der Waals surface area contributed by atoms with E-state index >= 15 is 0 Å². The molecule has 1 aromatic heterocycles. The Kier molecular flexibility index (Phi) is 7.99. The molecule has 1 N–H and O–H groups in total. The molecule has 3 heterocycles. The summed E-state index contributed by atoms with van der Waals surface area (Å²) in [6.07, 6.45) is 6.61. The Bertz CT molecular complexity index is 1580. The Morgan fingerprint density at radius 2 is 1.74 bits per heavy atom. The van der Waals surface area contributed by atoms with E-state index in [2.05, 4.69) is 4.98 Å². The molecule has 2 fully saturated rings. The lowest BCUT2D eigenvalue weighted by Gasteiger charge is -2.27. The molecule has 3 aromatic rings. The lowest BCUT2D eigenvalue weighted by molar-refractivity contribution is -0.377. The summed E-state index contributed by atoms with van der Waals surface area (Å²) in [7, 11) is -2.36. The second kappa shape index (κ2) is 11.6. The van der Waals surface area contributed by atoms with Gasteiger partial charge < -0.3 is 18.9 Å². The van der Waals surface area contributed by atoms with Crippen molar-refractivity contribution < 1.29 is 37.1 Å². The molecule has 1 saturated carbocycles. The average Bonchev–Trinajstić information content (AvgIpc) is 3.75. The predicted octanol–water partition coefficient (Wildman–Crippen LogP) is 5.54. The summed E-state index contributed by atoms with van der Waals surface area (Å²) < 4.78 is 52.8. The Balaban J connectivity index is 1.37. The van der Waals surface area contributed by atoms with Crippen LogP contribution in [0, 0.1) is 0 Å². The van der Waals surface area contributed by atoms with E-state index in [0.29, 0.717) is 51.3 Å². The topological polar surface area (TPSA) is 106 Å². The van der Waals surface area contributed by atoms with Crippen molar-refractivity contribution >= 4 is 39.2 Å². The van der Waals surface area contributed by atoms with Gasteiger partial charge in [0.15, 0.2) is 23.9 Å². The molecule has 0 unspecified atom stereocenters. The minimum atomic E-state index is -3.91. The zero-order chi connectivity index (χ0) is 29.5. The molecule has 0 bridgehead atoms. The Morgan fingerprint density at radius 1 is 1.05 bits per heavy atom. The van der Waals surface area contributed by atoms with E-state index in [0.717, 1.165) is 25.7 Å². The van der Waals surface area contributed by atoms with Crippen LogP contribution in [0.15, 0.2) is 59.8 Å². The number of rotatable bonds is 8. The monoisotopic (exact) mass is 633 g/mol. The fourth-order valence-electron chi connectivity index (χ4n) is 5.97. The first-order chi connectivity index (χ1) is 20.2. The number of esters is 1. The average molecular weight is 635 g/mol. The molecule has 12 heteroatoms. The number of halogens is 2. The van der Waals surface area contributed by atoms with Crippen molar-refractivity contribution in [2.24, 2.45) is 0 Å². The smallest absolute Gasteiger partial charge is 0.325 e. The van der Waals surface area contributed by atoms with Crippen LogP contribution in [0.25, 0.3) is 0 Å². The number of hydrogen-bond acceptors (Lipinski definition) is 7. The first kappa shape index (κ1) is 29.0. The molecule has 1 spiro atoms. The van der Waals surface area contributed by atoms with Crippen LogP contribution in [0.5, 0.6) is 17.2 Å². The van der Waals surface area contributed by atoms with Gasteiger partial charge in [0.25, 0.3) is 5.79 Å². The Labute approximate surface area is 254 Å². The van der Waals surface area contributed by atoms with E-state index in [1.165, 1.54) is 16.4 Å². The van der Waals surface area contributed by atoms with Crippen molar-refractivity contribution in [1.29, 1.82) is 0 Å². The molecule has 2 aromatic carbocycles. The number of carbonyl (C=O) groups excluding carboxylic acids is 1. The predicted molar refractivity (Wildman–Crippen MR) is 154 cm³/mol. The zero-order valence-corrected chi connectivity index (χ0v) is 25.3. The van der Waals surface area contributed by atoms with E-state index in [9.17, 15) is 13.2 Å². The van der Waals surface area contributed by atoms with Gasteiger partial charge in [0.1, 0.15) is 22.2 Å². The minimum absolute atomic E-state index is 0.116. The van der Waals surface area contributed by atoms with Crippen molar-refractivity contribution in [2.75, 3.05) is 13.7 Å². The van der Waals surface area contributed by atoms with Crippen LogP contribution in [0.2, 0.25) is 10.0 Å². The first-order valence-electron chi connectivity index (χ1n) is 13.9. The van der Waals surface area contributed by atoms with Crippen LogP contribution < -0.4 is 19.2 Å². The van der Waals surface area contributed by atoms with E-state index in [1.807, 2.05) is 0 Å². The Morgan fingerprint density at radius 3 is 2.43 bits per heavy atom. The van der Waals surface area contributed by atoms with E-state index in [-0.39, 0.29) is 17.9 Å². The third kappa shape index (κ3) is 5.30. The van der Waals surface area contributed by atoms with E-state index in [1.54, 1.807) is 49.8 Å². The number of carbonyl (C=O) groups is 1. The van der Waals surface area contributed by atoms with Crippen LogP contribution >= 0.6 is 23.2 Å². The number of methoxy groups -OCH3 is 1. The van der Waals surface area contributed by atoms with Crippen LogP contribution in [0.4, 0.5) is 0 Å². The zero-order valence-electron chi connectivity index (χ0n) is 23.0. The maximum atomic E-state index is 13.9. The summed E-state index contributed by atoms with van der Waals surface area (Å²) in [6.45, 7) is 0.214. The van der Waals surface area contributed by atoms with Gasteiger partial charge in [-0.1, -0.05) is 41.4 Å². The summed E-state index contributed by atoms with van der Waals surface area (Å²) in [5.74, 6) is -0.0760. The largest absolute Gasteiger partial charge is 0.493 e. The number of hydrogen-bond donors (Lipinski definition) is 0. The van der Waals surface area contributed by atoms with Crippen molar-refractivity contribution in [3.05, 3.63) is 76.0 Å². The molecule has 3 aliphatic rings. The van der Waals surface area contributed by atoms with Gasteiger partial charge in [0, 0.05) is 36.9 Å². The number of sulfonamides is 1. The van der Waals surface area contributed by atoms with E-state index < -0.39 is 33.9 Å². The number of aromatic amines is 1. The van der Waals surface area contributed by atoms with Gasteiger partial charge in [-0.25, -0.2) is 13.4 Å². The molecule has 2 aliphatic heterocycles. The molecule has 9 nitrogen and oxygen atoms in total. The highest BCUT2D eigenvalue weighted by atomic mass is 35.5. The highest BCUT2D eigenvalue weighted by Crippen LogP contribution is 2.54. The van der Waals surface area contributed by atoms with Gasteiger partial charge in [0.05, 0.1) is 12.0 Å². The molecular weight excluding hydrogens is 603 g/mol. The molecule has 222 valence electrons.